The van der Waals surface area contributed by atoms with Gasteiger partial charge in [0.2, 0.25) is 5.03 Å². The molecule has 0 unspecified atom stereocenters. The van der Waals surface area contributed by atoms with Crippen molar-refractivity contribution in [2.24, 2.45) is 7.05 Å². The molecule has 0 saturated carbocycles. The summed E-state index contributed by atoms with van der Waals surface area (Å²) in [6.45, 7) is 0.692. The molecule has 0 aliphatic carbocycles. The van der Waals surface area contributed by atoms with Crippen molar-refractivity contribution in [1.82, 2.24) is 18.8 Å². The highest BCUT2D eigenvalue weighted by molar-refractivity contribution is 7.89. The second-order valence-corrected chi connectivity index (χ2v) is 6.86. The largest absolute Gasteiger partial charge is 0.324 e. The van der Waals surface area contributed by atoms with E-state index in [1.807, 2.05) is 12.1 Å². The molecule has 0 fully saturated rings. The Labute approximate surface area is 122 Å². The monoisotopic (exact) mass is 312 g/mol. The number of fused-ring (bicyclic) bond motifs is 1. The van der Waals surface area contributed by atoms with Crippen LogP contribution in [0.15, 0.2) is 29.7 Å². The molecule has 0 radical (unpaired) electrons. The molecule has 2 aromatic heterocycles. The first-order valence-corrected chi connectivity index (χ1v) is 7.91. The van der Waals surface area contributed by atoms with Crippen molar-refractivity contribution in [3.63, 3.8) is 0 Å². The fraction of sp³-hybridized carbons (Fsp3) is 0.333. The normalized spacial score (nSPS) is 16.1. The summed E-state index contributed by atoms with van der Waals surface area (Å²) in [5, 5.41) is 0.0380. The molecule has 0 atom stereocenters. The lowest BCUT2D eigenvalue weighted by Gasteiger charge is -2.26. The molecule has 0 amide bonds. The van der Waals surface area contributed by atoms with Gasteiger partial charge in [0, 0.05) is 38.4 Å². The van der Waals surface area contributed by atoms with Crippen LogP contribution in [0.1, 0.15) is 11.3 Å². The maximum absolute atomic E-state index is 12.6. The highest BCUT2D eigenvalue weighted by Gasteiger charge is 2.32. The summed E-state index contributed by atoms with van der Waals surface area (Å²) in [5.74, 6) is 0. The molecule has 3 heterocycles. The van der Waals surface area contributed by atoms with Crippen LogP contribution in [0.3, 0.4) is 0 Å². The van der Waals surface area contributed by atoms with Crippen molar-refractivity contribution in [1.29, 1.82) is 0 Å². The number of pyridine rings is 1. The van der Waals surface area contributed by atoms with Gasteiger partial charge < -0.3 is 4.57 Å². The van der Waals surface area contributed by atoms with E-state index in [0.29, 0.717) is 19.5 Å². The quantitative estimate of drug-likeness (QED) is 0.836. The Morgan fingerprint density at radius 1 is 1.35 bits per heavy atom. The number of hydrogen-bond donors (Lipinski definition) is 0. The Bertz CT molecular complexity index is 757. The predicted molar refractivity (Wildman–Crippen MR) is 73.8 cm³/mol. The van der Waals surface area contributed by atoms with Crippen LogP contribution >= 0.6 is 11.6 Å². The first-order valence-electron chi connectivity index (χ1n) is 6.10. The molecule has 1 aliphatic heterocycles. The number of nitrogens with zero attached hydrogens (tertiary/aromatic N) is 4. The third-order valence-corrected chi connectivity index (χ3v) is 5.68. The lowest BCUT2D eigenvalue weighted by Crippen LogP contribution is -2.36. The van der Waals surface area contributed by atoms with E-state index in [2.05, 4.69) is 9.97 Å². The van der Waals surface area contributed by atoms with Gasteiger partial charge in [0.15, 0.2) is 0 Å². The van der Waals surface area contributed by atoms with Gasteiger partial charge in [-0.05, 0) is 11.6 Å². The van der Waals surface area contributed by atoms with E-state index in [4.69, 9.17) is 11.6 Å². The zero-order valence-electron chi connectivity index (χ0n) is 10.8. The molecule has 1 aliphatic rings. The molecule has 106 valence electrons. The van der Waals surface area contributed by atoms with E-state index in [1.54, 1.807) is 13.2 Å². The van der Waals surface area contributed by atoms with E-state index < -0.39 is 10.0 Å². The molecule has 0 aromatic carbocycles. The van der Waals surface area contributed by atoms with Gasteiger partial charge in [0.1, 0.15) is 5.15 Å². The summed E-state index contributed by atoms with van der Waals surface area (Å²) >= 11 is 6.00. The van der Waals surface area contributed by atoms with Crippen LogP contribution in [-0.4, -0.2) is 33.8 Å². The minimum Gasteiger partial charge on any atom is -0.324 e. The van der Waals surface area contributed by atoms with Crippen LogP contribution in [0.2, 0.25) is 5.15 Å². The second kappa shape index (κ2) is 4.83. The molecule has 8 heteroatoms. The highest BCUT2D eigenvalue weighted by atomic mass is 35.5. The maximum atomic E-state index is 12.6. The smallest absolute Gasteiger partial charge is 0.263 e. The average Bonchev–Trinajstić information content (AvgIpc) is 2.79. The fourth-order valence-corrected chi connectivity index (χ4v) is 4.04. The number of rotatable bonds is 2. The summed E-state index contributed by atoms with van der Waals surface area (Å²) in [4.78, 5) is 8.17. The summed E-state index contributed by atoms with van der Waals surface area (Å²) in [6.07, 6.45) is 3.72. The van der Waals surface area contributed by atoms with Crippen molar-refractivity contribution in [2.75, 3.05) is 6.54 Å². The van der Waals surface area contributed by atoms with Gasteiger partial charge in [0.25, 0.3) is 10.0 Å². The lowest BCUT2D eigenvalue weighted by atomic mass is 10.1. The van der Waals surface area contributed by atoms with Gasteiger partial charge in [-0.15, -0.1) is 0 Å². The summed E-state index contributed by atoms with van der Waals surface area (Å²) in [7, 11) is -2.02. The Morgan fingerprint density at radius 2 is 2.15 bits per heavy atom. The summed E-state index contributed by atoms with van der Waals surface area (Å²) in [6, 6.07) is 3.70. The molecule has 0 bridgehead atoms. The molecule has 6 nitrogen and oxygen atoms in total. The summed E-state index contributed by atoms with van der Waals surface area (Å²) < 4.78 is 28.0. The van der Waals surface area contributed by atoms with Crippen LogP contribution in [0.5, 0.6) is 0 Å². The van der Waals surface area contributed by atoms with Gasteiger partial charge in [-0.3, -0.25) is 4.98 Å². The van der Waals surface area contributed by atoms with E-state index in [0.717, 1.165) is 11.3 Å². The first-order chi connectivity index (χ1) is 9.50. The third kappa shape index (κ3) is 2.11. The van der Waals surface area contributed by atoms with Crippen molar-refractivity contribution >= 4 is 21.6 Å². The average molecular weight is 313 g/mol. The number of sulfonamides is 1. The number of hydrogen-bond acceptors (Lipinski definition) is 4. The van der Waals surface area contributed by atoms with Gasteiger partial charge in [-0.25, -0.2) is 13.4 Å². The highest BCUT2D eigenvalue weighted by Crippen LogP contribution is 2.26. The minimum atomic E-state index is -3.67. The fourth-order valence-electron chi connectivity index (χ4n) is 2.23. The molecule has 0 saturated heterocycles. The zero-order chi connectivity index (χ0) is 14.3. The molecule has 0 spiro atoms. The maximum Gasteiger partial charge on any atom is 0.263 e. The van der Waals surface area contributed by atoms with Gasteiger partial charge in [0.05, 0.1) is 6.33 Å². The minimum absolute atomic E-state index is 0.0889. The second-order valence-electron chi connectivity index (χ2n) is 4.65. The molecule has 3 rings (SSSR count). The Hall–Kier alpha value is -1.44. The molecule has 20 heavy (non-hydrogen) atoms. The van der Waals surface area contributed by atoms with Crippen LogP contribution in [-0.2, 0) is 30.0 Å². The molecule has 2 aromatic rings. The van der Waals surface area contributed by atoms with Crippen molar-refractivity contribution in [3.05, 3.63) is 41.1 Å². The molecular formula is C12H13ClN4O2S. The van der Waals surface area contributed by atoms with Crippen molar-refractivity contribution < 1.29 is 8.42 Å². The van der Waals surface area contributed by atoms with E-state index in [1.165, 1.54) is 15.2 Å². The third-order valence-electron chi connectivity index (χ3n) is 3.35. The number of imidazole rings is 1. The standard InChI is InChI=1S/C12H13ClN4O2S/c1-16-8-15-12(11(16)13)20(18,19)17-6-4-10-9(7-17)3-2-5-14-10/h2-3,5,8H,4,6-7H2,1H3. The van der Waals surface area contributed by atoms with Gasteiger partial charge in [-0.1, -0.05) is 17.7 Å². The van der Waals surface area contributed by atoms with Crippen molar-refractivity contribution in [3.8, 4) is 0 Å². The topological polar surface area (TPSA) is 68.1 Å². The van der Waals surface area contributed by atoms with E-state index in [9.17, 15) is 8.42 Å². The van der Waals surface area contributed by atoms with Crippen LogP contribution < -0.4 is 0 Å². The Balaban J connectivity index is 1.96. The lowest BCUT2D eigenvalue weighted by molar-refractivity contribution is 0.386. The van der Waals surface area contributed by atoms with Crippen LogP contribution in [0.25, 0.3) is 0 Å². The van der Waals surface area contributed by atoms with E-state index in [-0.39, 0.29) is 10.2 Å². The van der Waals surface area contributed by atoms with E-state index >= 15 is 0 Å². The van der Waals surface area contributed by atoms with Gasteiger partial charge in [-0.2, -0.15) is 4.31 Å². The zero-order valence-corrected chi connectivity index (χ0v) is 12.4. The first kappa shape index (κ1) is 13.5. The number of halogens is 1. The summed E-state index contributed by atoms with van der Waals surface area (Å²) in [5.41, 5.74) is 1.88. The SMILES string of the molecule is Cn1cnc(S(=O)(=O)N2CCc3ncccc3C2)c1Cl. The Kier molecular flexibility index (Phi) is 3.27. The van der Waals surface area contributed by atoms with Gasteiger partial charge >= 0.3 is 0 Å². The molecular weight excluding hydrogens is 300 g/mol. The van der Waals surface area contributed by atoms with Crippen LogP contribution in [0.4, 0.5) is 0 Å². The predicted octanol–water partition coefficient (Wildman–Crippen LogP) is 1.22. The van der Waals surface area contributed by atoms with Crippen LogP contribution in [0, 0.1) is 0 Å². The number of aryl methyl sites for hydroxylation is 1. The Morgan fingerprint density at radius 3 is 2.85 bits per heavy atom. The molecule has 0 N–H and O–H groups in total. The van der Waals surface area contributed by atoms with Crippen molar-refractivity contribution in [2.45, 2.75) is 18.0 Å². The number of aromatic nitrogens is 3.